The van der Waals surface area contributed by atoms with Crippen LogP contribution in [0.25, 0.3) is 10.8 Å². The number of rotatable bonds is 4. The first kappa shape index (κ1) is 14.5. The number of benzene rings is 1. The van der Waals surface area contributed by atoms with Crippen molar-refractivity contribution in [3.05, 3.63) is 30.5 Å². The van der Waals surface area contributed by atoms with Gasteiger partial charge in [-0.3, -0.25) is 0 Å². The number of alkyl halides is 1. The summed E-state index contributed by atoms with van der Waals surface area (Å²) in [6.45, 7) is 0. The molecule has 1 aliphatic carbocycles. The maximum Gasteiger partial charge on any atom is 0.134 e. The fourth-order valence-corrected chi connectivity index (χ4v) is 3.53. The Bertz CT molecular complexity index is 617. The molecule has 0 spiro atoms. The molecule has 1 aromatic carbocycles. The van der Waals surface area contributed by atoms with E-state index in [1.165, 1.54) is 25.7 Å². The highest BCUT2D eigenvalue weighted by Crippen LogP contribution is 2.31. The molecule has 1 aromatic heterocycles. The first-order valence-corrected chi connectivity index (χ1v) is 8.10. The third-order valence-corrected chi connectivity index (χ3v) is 4.80. The number of hydrogen-bond acceptors (Lipinski definition) is 3. The lowest BCUT2D eigenvalue weighted by Gasteiger charge is -2.31. The quantitative estimate of drug-likeness (QED) is 0.847. The van der Waals surface area contributed by atoms with Crippen LogP contribution in [0.5, 0.6) is 5.75 Å². The summed E-state index contributed by atoms with van der Waals surface area (Å²) in [4.78, 5) is 4.53. The Morgan fingerprint density at radius 2 is 2.14 bits per heavy atom. The highest BCUT2D eigenvalue weighted by atomic mass is 35.5. The van der Waals surface area contributed by atoms with Crippen LogP contribution in [0.1, 0.15) is 25.7 Å². The van der Waals surface area contributed by atoms with Gasteiger partial charge in [-0.15, -0.1) is 11.6 Å². The Balaban J connectivity index is 1.89. The second-order valence-corrected chi connectivity index (χ2v) is 6.00. The summed E-state index contributed by atoms with van der Waals surface area (Å²) in [5, 5.41) is 5.91. The Hall–Kier alpha value is -1.48. The van der Waals surface area contributed by atoms with E-state index in [9.17, 15) is 0 Å². The number of anilines is 1. The number of methoxy groups -OCH3 is 1. The second kappa shape index (κ2) is 6.52. The van der Waals surface area contributed by atoms with Crippen molar-refractivity contribution < 1.29 is 4.74 Å². The molecule has 4 heteroatoms. The maximum atomic E-state index is 6.12. The van der Waals surface area contributed by atoms with Crippen LogP contribution in [0.4, 0.5) is 5.82 Å². The number of nitrogens with one attached hydrogen (secondary N) is 1. The van der Waals surface area contributed by atoms with Gasteiger partial charge in [0.05, 0.1) is 7.11 Å². The number of pyridine rings is 1. The third-order valence-electron chi connectivity index (χ3n) is 4.40. The van der Waals surface area contributed by atoms with Crippen molar-refractivity contribution >= 4 is 28.2 Å². The Morgan fingerprint density at radius 1 is 1.29 bits per heavy atom. The van der Waals surface area contributed by atoms with Crippen LogP contribution in [-0.4, -0.2) is 24.0 Å². The molecule has 1 aliphatic rings. The van der Waals surface area contributed by atoms with Crippen LogP contribution in [-0.2, 0) is 0 Å². The van der Waals surface area contributed by atoms with Gasteiger partial charge in [0.2, 0.25) is 0 Å². The average molecular weight is 305 g/mol. The predicted octanol–water partition coefficient (Wildman–Crippen LogP) is 4.45. The Kier molecular flexibility index (Phi) is 4.49. The standard InChI is InChI=1S/C17H21ClN2O/c1-21-14-6-7-15-12(10-14)8-9-19-17(15)20-16-5-3-2-4-13(16)11-18/h6-10,13,16H,2-5,11H2,1H3,(H,19,20). The van der Waals surface area contributed by atoms with Crippen LogP contribution in [0.15, 0.2) is 30.5 Å². The lowest BCUT2D eigenvalue weighted by molar-refractivity contribution is 0.353. The molecule has 21 heavy (non-hydrogen) atoms. The molecule has 3 nitrogen and oxygen atoms in total. The van der Waals surface area contributed by atoms with E-state index in [0.29, 0.717) is 12.0 Å². The number of aromatic nitrogens is 1. The van der Waals surface area contributed by atoms with Crippen LogP contribution < -0.4 is 10.1 Å². The molecule has 0 bridgehead atoms. The van der Waals surface area contributed by atoms with E-state index in [4.69, 9.17) is 16.3 Å². The summed E-state index contributed by atoms with van der Waals surface area (Å²) in [6, 6.07) is 8.54. The molecule has 1 fully saturated rings. The van der Waals surface area contributed by atoms with Crippen molar-refractivity contribution in [3.63, 3.8) is 0 Å². The maximum absolute atomic E-state index is 6.12. The molecule has 2 unspecified atom stereocenters. The summed E-state index contributed by atoms with van der Waals surface area (Å²) in [6.07, 6.45) is 6.79. The zero-order valence-corrected chi connectivity index (χ0v) is 13.1. The lowest BCUT2D eigenvalue weighted by Crippen LogP contribution is -2.33. The largest absolute Gasteiger partial charge is 0.497 e. The van der Waals surface area contributed by atoms with Crippen molar-refractivity contribution in [1.82, 2.24) is 4.98 Å². The third kappa shape index (κ3) is 3.08. The highest BCUT2D eigenvalue weighted by molar-refractivity contribution is 6.18. The number of nitrogens with zero attached hydrogens (tertiary/aromatic N) is 1. The van der Waals surface area contributed by atoms with Crippen LogP contribution in [0.3, 0.4) is 0 Å². The van der Waals surface area contributed by atoms with E-state index in [2.05, 4.69) is 16.4 Å². The lowest BCUT2D eigenvalue weighted by atomic mass is 9.85. The molecular weight excluding hydrogens is 284 g/mol. The van der Waals surface area contributed by atoms with Crippen LogP contribution in [0.2, 0.25) is 0 Å². The Labute approximate surface area is 130 Å². The molecule has 1 heterocycles. The summed E-state index contributed by atoms with van der Waals surface area (Å²) in [5.74, 6) is 3.08. The van der Waals surface area contributed by atoms with E-state index in [1.807, 2.05) is 24.4 Å². The van der Waals surface area contributed by atoms with Gasteiger partial charge in [0, 0.05) is 23.5 Å². The zero-order valence-electron chi connectivity index (χ0n) is 12.3. The summed E-state index contributed by atoms with van der Waals surface area (Å²) < 4.78 is 5.29. The van der Waals surface area contributed by atoms with Gasteiger partial charge in [-0.1, -0.05) is 12.8 Å². The van der Waals surface area contributed by atoms with Crippen molar-refractivity contribution in [3.8, 4) is 5.75 Å². The van der Waals surface area contributed by atoms with Crippen molar-refractivity contribution in [2.45, 2.75) is 31.7 Å². The molecule has 112 valence electrons. The molecule has 1 N–H and O–H groups in total. The molecule has 0 amide bonds. The molecule has 1 saturated carbocycles. The van der Waals surface area contributed by atoms with Crippen LogP contribution >= 0.6 is 11.6 Å². The Morgan fingerprint density at radius 3 is 2.95 bits per heavy atom. The SMILES string of the molecule is COc1ccc2c(NC3CCCCC3CCl)nccc2c1. The molecular formula is C17H21ClN2O. The van der Waals surface area contributed by atoms with Crippen molar-refractivity contribution in [2.75, 3.05) is 18.3 Å². The van der Waals surface area contributed by atoms with E-state index >= 15 is 0 Å². The number of fused-ring (bicyclic) bond motifs is 1. The van der Waals surface area contributed by atoms with Gasteiger partial charge in [-0.25, -0.2) is 4.98 Å². The molecule has 0 saturated heterocycles. The minimum Gasteiger partial charge on any atom is -0.497 e. The van der Waals surface area contributed by atoms with Gasteiger partial charge in [0.25, 0.3) is 0 Å². The molecule has 0 aliphatic heterocycles. The highest BCUT2D eigenvalue weighted by Gasteiger charge is 2.24. The molecule has 3 rings (SSSR count). The average Bonchev–Trinajstić information content (AvgIpc) is 2.55. The number of halogens is 1. The van der Waals surface area contributed by atoms with Crippen molar-refractivity contribution in [1.29, 1.82) is 0 Å². The zero-order chi connectivity index (χ0) is 14.7. The molecule has 0 radical (unpaired) electrons. The number of ether oxygens (including phenoxy) is 1. The van der Waals surface area contributed by atoms with E-state index in [-0.39, 0.29) is 0 Å². The predicted molar refractivity (Wildman–Crippen MR) is 88.4 cm³/mol. The van der Waals surface area contributed by atoms with Gasteiger partial charge in [0.1, 0.15) is 11.6 Å². The first-order chi connectivity index (χ1) is 10.3. The first-order valence-electron chi connectivity index (χ1n) is 7.57. The van der Waals surface area contributed by atoms with Crippen LogP contribution in [0, 0.1) is 5.92 Å². The van der Waals surface area contributed by atoms with Gasteiger partial charge in [-0.05, 0) is 48.4 Å². The normalized spacial score (nSPS) is 22.2. The van der Waals surface area contributed by atoms with Crippen molar-refractivity contribution in [2.24, 2.45) is 5.92 Å². The fourth-order valence-electron chi connectivity index (χ4n) is 3.16. The summed E-state index contributed by atoms with van der Waals surface area (Å²) >= 11 is 6.12. The topological polar surface area (TPSA) is 34.1 Å². The van der Waals surface area contributed by atoms with E-state index in [1.54, 1.807) is 7.11 Å². The van der Waals surface area contributed by atoms with Gasteiger partial charge in [-0.2, -0.15) is 0 Å². The summed E-state index contributed by atoms with van der Waals surface area (Å²) in [5.41, 5.74) is 0. The van der Waals surface area contributed by atoms with Gasteiger partial charge >= 0.3 is 0 Å². The smallest absolute Gasteiger partial charge is 0.134 e. The second-order valence-electron chi connectivity index (χ2n) is 5.70. The molecule has 2 aromatic rings. The monoisotopic (exact) mass is 304 g/mol. The number of hydrogen-bond donors (Lipinski definition) is 1. The van der Waals surface area contributed by atoms with Gasteiger partial charge in [0.15, 0.2) is 0 Å². The minimum atomic E-state index is 0.427. The fraction of sp³-hybridized carbons (Fsp3) is 0.471. The van der Waals surface area contributed by atoms with E-state index in [0.717, 1.165) is 28.2 Å². The molecule has 2 atom stereocenters. The summed E-state index contributed by atoms with van der Waals surface area (Å²) in [7, 11) is 1.69. The van der Waals surface area contributed by atoms with E-state index < -0.39 is 0 Å². The van der Waals surface area contributed by atoms with Gasteiger partial charge < -0.3 is 10.1 Å². The minimum absolute atomic E-state index is 0.427.